The van der Waals surface area contributed by atoms with Crippen LogP contribution in [0.2, 0.25) is 0 Å². The van der Waals surface area contributed by atoms with Gasteiger partial charge in [0.2, 0.25) is 5.88 Å². The van der Waals surface area contributed by atoms with E-state index in [9.17, 15) is 14.9 Å². The van der Waals surface area contributed by atoms with Crippen LogP contribution >= 0.6 is 0 Å². The number of hydrogen-bond acceptors (Lipinski definition) is 7. The first-order valence-electron chi connectivity index (χ1n) is 8.73. The van der Waals surface area contributed by atoms with E-state index >= 15 is 0 Å². The molecule has 0 aliphatic heterocycles. The minimum absolute atomic E-state index is 0.0177. The molecule has 0 unspecified atom stereocenters. The van der Waals surface area contributed by atoms with E-state index in [0.717, 1.165) is 0 Å². The van der Waals surface area contributed by atoms with Crippen molar-refractivity contribution in [1.29, 1.82) is 0 Å². The van der Waals surface area contributed by atoms with Gasteiger partial charge in [-0.2, -0.15) is 0 Å². The van der Waals surface area contributed by atoms with Crippen LogP contribution in [0.1, 0.15) is 10.4 Å². The topological polar surface area (TPSA) is 125 Å². The highest BCUT2D eigenvalue weighted by Gasteiger charge is 2.19. The maximum Gasteiger partial charge on any atom is 0.282 e. The van der Waals surface area contributed by atoms with Gasteiger partial charge in [0.25, 0.3) is 11.6 Å². The normalized spacial score (nSPS) is 10.4. The molecule has 1 N–H and O–H groups in total. The lowest BCUT2D eigenvalue weighted by Crippen LogP contribution is -2.13. The second-order valence-electron chi connectivity index (χ2n) is 6.04. The number of rotatable bonds is 6. The first kappa shape index (κ1) is 18.7. The fourth-order valence-electron chi connectivity index (χ4n) is 2.67. The first-order valence-corrected chi connectivity index (χ1v) is 8.73. The van der Waals surface area contributed by atoms with Gasteiger partial charge in [-0.05, 0) is 30.3 Å². The Hall–Kier alpha value is -4.60. The fourth-order valence-corrected chi connectivity index (χ4v) is 2.67. The first-order chi connectivity index (χ1) is 14.6. The van der Waals surface area contributed by atoms with E-state index in [1.54, 1.807) is 59.7 Å². The molecule has 0 aliphatic carbocycles. The molecule has 0 bridgehead atoms. The summed E-state index contributed by atoms with van der Waals surface area (Å²) in [6, 6.07) is 14.0. The van der Waals surface area contributed by atoms with Crippen LogP contribution in [0, 0.1) is 10.1 Å². The zero-order chi connectivity index (χ0) is 20.9. The molecule has 0 aliphatic rings. The van der Waals surface area contributed by atoms with Gasteiger partial charge < -0.3 is 10.1 Å². The standard InChI is InChI=1S/C20H14N6O4/c27-20(16-3-1-2-4-17(16)26(28)29)24-14-5-7-15(8-6-14)30-19-11-18(22-12-23-19)25-10-9-21-13-25/h1-13H,(H,24,27). The SMILES string of the molecule is O=C(Nc1ccc(Oc2cc(-n3ccnc3)ncn2)cc1)c1ccccc1[N+](=O)[O-]. The van der Waals surface area contributed by atoms with Crippen molar-refractivity contribution in [2.45, 2.75) is 0 Å². The van der Waals surface area contributed by atoms with E-state index in [0.29, 0.717) is 23.1 Å². The predicted molar refractivity (Wildman–Crippen MR) is 107 cm³/mol. The van der Waals surface area contributed by atoms with Crippen LogP contribution < -0.4 is 10.1 Å². The highest BCUT2D eigenvalue weighted by atomic mass is 16.6. The number of ether oxygens (including phenoxy) is 1. The molecule has 2 aromatic carbocycles. The number of hydrogen-bond donors (Lipinski definition) is 1. The van der Waals surface area contributed by atoms with Gasteiger partial charge in [-0.15, -0.1) is 0 Å². The van der Waals surface area contributed by atoms with Gasteiger partial charge in [-0.3, -0.25) is 19.5 Å². The summed E-state index contributed by atoms with van der Waals surface area (Å²) in [7, 11) is 0. The number of carbonyl (C=O) groups excluding carboxylic acids is 1. The zero-order valence-corrected chi connectivity index (χ0v) is 15.4. The molecule has 4 rings (SSSR count). The van der Waals surface area contributed by atoms with Crippen LogP contribution in [-0.2, 0) is 0 Å². The third kappa shape index (κ3) is 4.12. The summed E-state index contributed by atoms with van der Waals surface area (Å²) < 4.78 is 7.44. The van der Waals surface area contributed by atoms with Gasteiger partial charge in [0, 0.05) is 30.2 Å². The Bertz CT molecular complexity index is 1190. The molecule has 0 atom stereocenters. The average Bonchev–Trinajstić information content (AvgIpc) is 3.30. The van der Waals surface area contributed by atoms with E-state index in [1.807, 2.05) is 0 Å². The van der Waals surface area contributed by atoms with Crippen LogP contribution in [0.4, 0.5) is 11.4 Å². The van der Waals surface area contributed by atoms with Crippen LogP contribution in [0.25, 0.3) is 5.82 Å². The van der Waals surface area contributed by atoms with Crippen LogP contribution in [-0.4, -0.2) is 30.3 Å². The number of imidazole rings is 1. The summed E-state index contributed by atoms with van der Waals surface area (Å²) in [6.07, 6.45) is 6.38. The number of carbonyl (C=O) groups is 1. The van der Waals surface area contributed by atoms with Gasteiger partial charge in [-0.25, -0.2) is 15.0 Å². The van der Waals surface area contributed by atoms with Gasteiger partial charge >= 0.3 is 0 Å². The van der Waals surface area contributed by atoms with Crippen molar-refractivity contribution in [2.75, 3.05) is 5.32 Å². The lowest BCUT2D eigenvalue weighted by atomic mass is 10.1. The van der Waals surface area contributed by atoms with Crippen molar-refractivity contribution in [3.63, 3.8) is 0 Å². The van der Waals surface area contributed by atoms with E-state index in [-0.39, 0.29) is 11.3 Å². The van der Waals surface area contributed by atoms with E-state index < -0.39 is 10.8 Å². The highest BCUT2D eigenvalue weighted by molar-refractivity contribution is 6.07. The van der Waals surface area contributed by atoms with Crippen LogP contribution in [0.5, 0.6) is 11.6 Å². The number of amides is 1. The summed E-state index contributed by atoms with van der Waals surface area (Å²) >= 11 is 0. The van der Waals surface area contributed by atoms with Gasteiger partial charge in [-0.1, -0.05) is 12.1 Å². The molecule has 10 nitrogen and oxygen atoms in total. The minimum Gasteiger partial charge on any atom is -0.439 e. The minimum atomic E-state index is -0.592. The summed E-state index contributed by atoms with van der Waals surface area (Å²) in [6.45, 7) is 0. The van der Waals surface area contributed by atoms with Crippen molar-refractivity contribution in [2.24, 2.45) is 0 Å². The lowest BCUT2D eigenvalue weighted by Gasteiger charge is -2.08. The van der Waals surface area contributed by atoms with Crippen molar-refractivity contribution in [1.82, 2.24) is 19.5 Å². The number of nitro benzene ring substituents is 1. The van der Waals surface area contributed by atoms with Gasteiger partial charge in [0.1, 0.15) is 29.8 Å². The maximum atomic E-state index is 12.4. The van der Waals surface area contributed by atoms with Crippen molar-refractivity contribution < 1.29 is 14.5 Å². The predicted octanol–water partition coefficient (Wildman–Crippen LogP) is 3.62. The molecule has 0 fully saturated rings. The number of nitrogens with zero attached hydrogens (tertiary/aromatic N) is 5. The second kappa shape index (κ2) is 8.19. The number of nitrogens with one attached hydrogen (secondary N) is 1. The lowest BCUT2D eigenvalue weighted by molar-refractivity contribution is -0.385. The van der Waals surface area contributed by atoms with Gasteiger partial charge in [0.05, 0.1) is 4.92 Å². The van der Waals surface area contributed by atoms with E-state index in [2.05, 4.69) is 20.3 Å². The quantitative estimate of drug-likeness (QED) is 0.386. The second-order valence-corrected chi connectivity index (χ2v) is 6.04. The Kier molecular flexibility index (Phi) is 5.12. The largest absolute Gasteiger partial charge is 0.439 e. The Balaban J connectivity index is 1.46. The molecule has 10 heteroatoms. The number of para-hydroxylation sites is 1. The molecular formula is C20H14N6O4. The Morgan fingerprint density at radius 1 is 1.10 bits per heavy atom. The zero-order valence-electron chi connectivity index (χ0n) is 15.4. The Labute approximate surface area is 170 Å². The molecule has 2 heterocycles. The molecule has 0 spiro atoms. The smallest absolute Gasteiger partial charge is 0.282 e. The summed E-state index contributed by atoms with van der Waals surface area (Å²) in [5.41, 5.74) is 0.190. The van der Waals surface area contributed by atoms with Crippen LogP contribution in [0.3, 0.4) is 0 Å². The number of nitro groups is 1. The number of benzene rings is 2. The maximum absolute atomic E-state index is 12.4. The molecule has 0 saturated carbocycles. The van der Waals surface area contributed by atoms with Crippen molar-refractivity contribution in [3.8, 4) is 17.4 Å². The van der Waals surface area contributed by atoms with E-state index in [4.69, 9.17) is 4.74 Å². The monoisotopic (exact) mass is 402 g/mol. The highest BCUT2D eigenvalue weighted by Crippen LogP contribution is 2.24. The summed E-state index contributed by atoms with van der Waals surface area (Å²) in [4.78, 5) is 35.1. The van der Waals surface area contributed by atoms with Crippen molar-refractivity contribution in [3.05, 3.63) is 95.3 Å². The fraction of sp³-hybridized carbons (Fsp3) is 0. The molecular weight excluding hydrogens is 388 g/mol. The molecule has 0 saturated heterocycles. The van der Waals surface area contributed by atoms with Crippen molar-refractivity contribution >= 4 is 17.3 Å². The average molecular weight is 402 g/mol. The Morgan fingerprint density at radius 2 is 1.90 bits per heavy atom. The third-order valence-corrected chi connectivity index (χ3v) is 4.08. The number of aromatic nitrogens is 4. The summed E-state index contributed by atoms with van der Waals surface area (Å²) in [5.74, 6) is 0.863. The molecule has 0 radical (unpaired) electrons. The Morgan fingerprint density at radius 3 is 2.63 bits per heavy atom. The number of anilines is 1. The molecule has 30 heavy (non-hydrogen) atoms. The third-order valence-electron chi connectivity index (χ3n) is 4.08. The van der Waals surface area contributed by atoms with E-state index in [1.165, 1.54) is 24.5 Å². The summed E-state index contributed by atoms with van der Waals surface area (Å²) in [5, 5.41) is 13.7. The molecule has 148 valence electrons. The van der Waals surface area contributed by atoms with Crippen LogP contribution in [0.15, 0.2) is 79.6 Å². The van der Waals surface area contributed by atoms with Gasteiger partial charge in [0.15, 0.2) is 0 Å². The molecule has 1 amide bonds. The molecule has 2 aromatic heterocycles. The molecule has 4 aromatic rings.